The van der Waals surface area contributed by atoms with E-state index in [9.17, 15) is 35.8 Å². The molecule has 0 aliphatic rings. The van der Waals surface area contributed by atoms with Gasteiger partial charge in [-0.1, -0.05) is 47.5 Å². The zero-order chi connectivity index (χ0) is 26.1. The summed E-state index contributed by atoms with van der Waals surface area (Å²) in [6.45, 7) is 1.10. The molecule has 0 aromatic heterocycles. The van der Waals surface area contributed by atoms with Crippen molar-refractivity contribution in [3.63, 3.8) is 0 Å². The second-order valence-electron chi connectivity index (χ2n) is 6.89. The molecule has 3 aromatic carbocycles. The number of nitrogens with one attached hydrogen (secondary N) is 1. The molecule has 0 saturated heterocycles. The molecule has 0 spiro atoms. The van der Waals surface area contributed by atoms with E-state index in [4.69, 9.17) is 23.2 Å². The first kappa shape index (κ1) is 26.5. The summed E-state index contributed by atoms with van der Waals surface area (Å²) in [4.78, 5) is 11.5. The number of halogens is 2. The van der Waals surface area contributed by atoms with Crippen LogP contribution in [-0.2, 0) is 25.0 Å². The van der Waals surface area contributed by atoms with Gasteiger partial charge < -0.3 is 19.5 Å². The summed E-state index contributed by atoms with van der Waals surface area (Å²) in [6.07, 6.45) is 0. The number of carbonyl (C=O) groups excluding carboxylic acids is 1. The molecule has 1 amide bonds. The second-order valence-corrected chi connectivity index (χ2v) is 10.4. The molecule has 0 unspecified atom stereocenters. The minimum absolute atomic E-state index is 0.0503. The van der Waals surface area contributed by atoms with Crippen molar-refractivity contribution in [1.29, 1.82) is 0 Å². The fraction of sp³-hybridized carbons (Fsp3) is 0.0500. The highest BCUT2D eigenvalue weighted by molar-refractivity contribution is 7.86. The summed E-state index contributed by atoms with van der Waals surface area (Å²) >= 11 is 11.6. The molecule has 15 heteroatoms. The number of aliphatic hydroxyl groups is 1. The first-order valence-corrected chi connectivity index (χ1v) is 12.8. The Morgan fingerprint density at radius 2 is 1.49 bits per heavy atom. The van der Waals surface area contributed by atoms with Crippen molar-refractivity contribution in [2.45, 2.75) is 16.7 Å². The lowest BCUT2D eigenvalue weighted by molar-refractivity contribution is -0.113. The molecule has 0 radical (unpaired) electrons. The summed E-state index contributed by atoms with van der Waals surface area (Å²) in [6, 6.07) is 9.77. The van der Waals surface area contributed by atoms with Crippen molar-refractivity contribution in [3.05, 3.63) is 70.0 Å². The Labute approximate surface area is 209 Å². The van der Waals surface area contributed by atoms with Gasteiger partial charge in [-0.05, 0) is 31.2 Å². The minimum Gasteiger partial charge on any atom is -0.744 e. The van der Waals surface area contributed by atoms with Gasteiger partial charge in [-0.15, -0.1) is 10.2 Å². The molecule has 0 atom stereocenters. The van der Waals surface area contributed by atoms with Crippen LogP contribution in [-0.4, -0.2) is 37.0 Å². The maximum atomic E-state index is 12.8. The smallest absolute Gasteiger partial charge is 0.279 e. The van der Waals surface area contributed by atoms with Crippen LogP contribution in [0.15, 0.2) is 80.0 Å². The third-order valence-corrected chi connectivity index (χ3v) is 6.97. The lowest BCUT2D eigenvalue weighted by Crippen LogP contribution is -2.15. The van der Waals surface area contributed by atoms with Crippen molar-refractivity contribution in [2.75, 3.05) is 5.32 Å². The molecule has 35 heavy (non-hydrogen) atoms. The lowest BCUT2D eigenvalue weighted by Gasteiger charge is -2.14. The summed E-state index contributed by atoms with van der Waals surface area (Å²) in [5.74, 6) is -1.65. The largest absolute Gasteiger partial charge is 0.744 e. The number of hydrogen-bond donors (Lipinski definition) is 2. The van der Waals surface area contributed by atoms with Gasteiger partial charge in [0.25, 0.3) is 5.91 Å². The Balaban J connectivity index is 2.03. The number of aliphatic hydroxyl groups excluding tert-OH is 1. The van der Waals surface area contributed by atoms with Crippen LogP contribution in [0.4, 0.5) is 11.4 Å². The average molecular weight is 558 g/mol. The Morgan fingerprint density at radius 3 is 2.06 bits per heavy atom. The van der Waals surface area contributed by atoms with Crippen LogP contribution < -0.4 is 5.32 Å². The quantitative estimate of drug-likeness (QED) is 0.192. The molecule has 0 saturated carbocycles. The zero-order valence-electron chi connectivity index (χ0n) is 17.4. The highest BCUT2D eigenvalue weighted by Crippen LogP contribution is 2.34. The number of nitrogens with zero attached hydrogens (tertiary/aromatic N) is 2. The lowest BCUT2D eigenvalue weighted by atomic mass is 10.1. The summed E-state index contributed by atoms with van der Waals surface area (Å²) < 4.78 is 69.2. The van der Waals surface area contributed by atoms with Crippen LogP contribution in [0.3, 0.4) is 0 Å². The number of rotatable bonds is 6. The predicted molar refractivity (Wildman–Crippen MR) is 125 cm³/mol. The molecule has 0 bridgehead atoms. The number of allylic oxidation sites excluding steroid dienone is 1. The molecule has 11 nitrogen and oxygen atoms in total. The Kier molecular flexibility index (Phi) is 7.50. The second kappa shape index (κ2) is 9.89. The number of azo groups is 1. The highest BCUT2D eigenvalue weighted by atomic mass is 35.5. The van der Waals surface area contributed by atoms with Gasteiger partial charge in [-0.25, -0.2) is 16.8 Å². The maximum Gasteiger partial charge on any atom is 0.279 e. The van der Waals surface area contributed by atoms with Gasteiger partial charge in [0.05, 0.1) is 19.8 Å². The van der Waals surface area contributed by atoms with Crippen LogP contribution in [0, 0.1) is 0 Å². The van der Waals surface area contributed by atoms with Crippen LogP contribution in [0.1, 0.15) is 6.92 Å². The Morgan fingerprint density at radius 1 is 0.914 bits per heavy atom. The van der Waals surface area contributed by atoms with E-state index in [1.165, 1.54) is 24.3 Å². The number of hydrogen-bond acceptors (Lipinski definition) is 10. The standard InChI is InChI=1S/C20H15Cl2N3O8S2/c1-10(26)19(25-24-16-8-13(21)14(22)9-18(16)35(31,32)33)20(27)23-15-6-7-17(34(28,29)30)12-5-3-2-4-11(12)15/h2-9,26H,1H3,(H,23,27)(H,28,29,30)(H,31,32,33)/p-2. The predicted octanol–water partition coefficient (Wildman–Crippen LogP) is 4.47. The first-order chi connectivity index (χ1) is 16.2. The summed E-state index contributed by atoms with van der Waals surface area (Å²) in [5, 5.41) is 19.4. The number of fused-ring (bicyclic) bond motifs is 1. The average Bonchev–Trinajstić information content (AvgIpc) is 2.74. The summed E-state index contributed by atoms with van der Waals surface area (Å²) in [5.41, 5.74) is -1.13. The van der Waals surface area contributed by atoms with E-state index in [-0.39, 0.29) is 26.5 Å². The van der Waals surface area contributed by atoms with Gasteiger partial charge in [0.1, 0.15) is 31.7 Å². The van der Waals surface area contributed by atoms with E-state index in [1.807, 2.05) is 0 Å². The highest BCUT2D eigenvalue weighted by Gasteiger charge is 2.18. The third kappa shape index (κ3) is 5.96. The van der Waals surface area contributed by atoms with E-state index in [1.54, 1.807) is 6.07 Å². The monoisotopic (exact) mass is 557 g/mol. The van der Waals surface area contributed by atoms with Gasteiger partial charge in [-0.2, -0.15) is 0 Å². The molecule has 0 aliphatic heterocycles. The molecule has 0 fully saturated rings. The van der Waals surface area contributed by atoms with Gasteiger partial charge in [0.15, 0.2) is 5.70 Å². The normalized spacial score (nSPS) is 13.2. The first-order valence-electron chi connectivity index (χ1n) is 9.25. The molecular weight excluding hydrogens is 545 g/mol. The van der Waals surface area contributed by atoms with Gasteiger partial charge in [0, 0.05) is 16.5 Å². The van der Waals surface area contributed by atoms with Crippen molar-refractivity contribution < 1.29 is 35.8 Å². The SMILES string of the molecule is CC(O)=C(N=Nc1cc(Cl)c(Cl)cc1S(=O)(=O)[O-])C(=O)Nc1ccc(S(=O)(=O)[O-])c2ccccc12. The van der Waals surface area contributed by atoms with Crippen LogP contribution >= 0.6 is 23.2 Å². The number of amides is 1. The molecule has 2 N–H and O–H groups in total. The topological polar surface area (TPSA) is 188 Å². The maximum absolute atomic E-state index is 12.8. The fourth-order valence-corrected chi connectivity index (χ4v) is 4.65. The van der Waals surface area contributed by atoms with Crippen LogP contribution in [0.2, 0.25) is 10.0 Å². The number of anilines is 1. The van der Waals surface area contributed by atoms with Crippen LogP contribution in [0.25, 0.3) is 10.8 Å². The van der Waals surface area contributed by atoms with Crippen molar-refractivity contribution in [2.24, 2.45) is 10.2 Å². The van der Waals surface area contributed by atoms with Crippen molar-refractivity contribution in [3.8, 4) is 0 Å². The van der Waals surface area contributed by atoms with Crippen LogP contribution in [0.5, 0.6) is 0 Å². The molecule has 3 rings (SSSR count). The van der Waals surface area contributed by atoms with Gasteiger partial charge in [-0.3, -0.25) is 4.79 Å². The molecule has 184 valence electrons. The Hall–Kier alpha value is -3.07. The third-order valence-electron chi connectivity index (χ3n) is 4.49. The Bertz CT molecular complexity index is 1630. The molecule has 0 aliphatic carbocycles. The number of benzene rings is 3. The van der Waals surface area contributed by atoms with Gasteiger partial charge >= 0.3 is 0 Å². The minimum atomic E-state index is -5.05. The van der Waals surface area contributed by atoms with Crippen molar-refractivity contribution >= 4 is 71.5 Å². The zero-order valence-corrected chi connectivity index (χ0v) is 20.5. The van der Waals surface area contributed by atoms with E-state index in [0.29, 0.717) is 0 Å². The van der Waals surface area contributed by atoms with Crippen molar-refractivity contribution in [1.82, 2.24) is 0 Å². The van der Waals surface area contributed by atoms with E-state index in [0.717, 1.165) is 25.1 Å². The van der Waals surface area contributed by atoms with E-state index < -0.39 is 53.1 Å². The molecule has 0 heterocycles. The summed E-state index contributed by atoms with van der Waals surface area (Å²) in [7, 11) is -9.86. The fourth-order valence-electron chi connectivity index (χ4n) is 2.96. The molecular formula is C20H13Cl2N3O8S2-2. The van der Waals surface area contributed by atoms with E-state index >= 15 is 0 Å². The molecule has 3 aromatic rings. The van der Waals surface area contributed by atoms with E-state index in [2.05, 4.69) is 15.5 Å². The number of carbonyl (C=O) groups is 1. The van der Waals surface area contributed by atoms with Gasteiger partial charge in [0.2, 0.25) is 0 Å².